The Hall–Kier alpha value is -3.94. The maximum Gasteiger partial charge on any atom is 0.419 e. The minimum absolute atomic E-state index is 0.00600. The molecule has 4 rings (SSSR count). The van der Waals surface area contributed by atoms with Crippen LogP contribution in [0.2, 0.25) is 0 Å². The van der Waals surface area contributed by atoms with E-state index in [-0.39, 0.29) is 39.5 Å². The third-order valence-corrected chi connectivity index (χ3v) is 5.39. The number of aromatic nitrogens is 5. The average Bonchev–Trinajstić information content (AvgIpc) is 3.19. The van der Waals surface area contributed by atoms with Crippen molar-refractivity contribution in [3.8, 4) is 11.3 Å². The van der Waals surface area contributed by atoms with Gasteiger partial charge in [0.2, 0.25) is 5.91 Å². The van der Waals surface area contributed by atoms with Crippen LogP contribution in [0.4, 0.5) is 22.7 Å². The summed E-state index contributed by atoms with van der Waals surface area (Å²) in [4.78, 5) is 50.8. The number of H-pyrrole nitrogens is 1. The summed E-state index contributed by atoms with van der Waals surface area (Å²) in [6.07, 6.45) is -4.17. The highest BCUT2D eigenvalue weighted by molar-refractivity contribution is 7.14. The predicted molar refractivity (Wildman–Crippen MR) is 110 cm³/mol. The number of nitrogens with one attached hydrogen (secondary N) is 2. The molecule has 0 atom stereocenters. The Labute approximate surface area is 184 Å². The van der Waals surface area contributed by atoms with Gasteiger partial charge in [-0.2, -0.15) is 13.2 Å². The summed E-state index contributed by atoms with van der Waals surface area (Å²) in [5, 5.41) is 3.70. The molecule has 0 aliphatic heterocycles. The topological polar surface area (TPSA) is 123 Å². The van der Waals surface area contributed by atoms with Crippen LogP contribution in [0.25, 0.3) is 22.3 Å². The Bertz CT molecular complexity index is 1510. The number of hydrogen-bond acceptors (Lipinski definition) is 7. The molecular formula is C19H12F4N6O3S. The first-order valence-corrected chi connectivity index (χ1v) is 9.98. The van der Waals surface area contributed by atoms with E-state index in [9.17, 15) is 31.9 Å². The Kier molecular flexibility index (Phi) is 5.53. The summed E-state index contributed by atoms with van der Waals surface area (Å²) in [6.45, 7) is 0. The van der Waals surface area contributed by atoms with Crippen LogP contribution in [0, 0.1) is 5.82 Å². The second-order valence-electron chi connectivity index (χ2n) is 6.77. The zero-order valence-electron chi connectivity index (χ0n) is 16.5. The van der Waals surface area contributed by atoms with Gasteiger partial charge >= 0.3 is 11.9 Å². The van der Waals surface area contributed by atoms with E-state index in [1.54, 1.807) is 0 Å². The van der Waals surface area contributed by atoms with E-state index in [1.807, 2.05) is 0 Å². The van der Waals surface area contributed by atoms with E-state index in [2.05, 4.69) is 25.3 Å². The third-order valence-electron chi connectivity index (χ3n) is 4.63. The van der Waals surface area contributed by atoms with Gasteiger partial charge in [-0.05, 0) is 12.1 Å². The van der Waals surface area contributed by atoms with Crippen LogP contribution >= 0.6 is 11.3 Å². The number of anilines is 1. The molecule has 9 nitrogen and oxygen atoms in total. The molecule has 0 unspecified atom stereocenters. The number of hydrogen-bond donors (Lipinski definition) is 2. The van der Waals surface area contributed by atoms with Crippen molar-refractivity contribution in [2.75, 3.05) is 5.32 Å². The van der Waals surface area contributed by atoms with Gasteiger partial charge in [-0.3, -0.25) is 19.1 Å². The van der Waals surface area contributed by atoms with E-state index in [0.717, 1.165) is 34.4 Å². The van der Waals surface area contributed by atoms with Crippen LogP contribution in [0.5, 0.6) is 0 Å². The van der Waals surface area contributed by atoms with E-state index in [0.29, 0.717) is 6.07 Å². The lowest BCUT2D eigenvalue weighted by Crippen LogP contribution is -2.33. The summed E-state index contributed by atoms with van der Waals surface area (Å²) in [7, 11) is 1.25. The molecule has 33 heavy (non-hydrogen) atoms. The highest BCUT2D eigenvalue weighted by Crippen LogP contribution is 2.36. The number of amides is 1. The summed E-state index contributed by atoms with van der Waals surface area (Å²) < 4.78 is 54.0. The van der Waals surface area contributed by atoms with Gasteiger partial charge in [-0.25, -0.2) is 24.1 Å². The van der Waals surface area contributed by atoms with Crippen LogP contribution in [0.15, 0.2) is 39.5 Å². The average molecular weight is 480 g/mol. The maximum absolute atomic E-state index is 14.3. The lowest BCUT2D eigenvalue weighted by molar-refractivity contribution is -0.139. The van der Waals surface area contributed by atoms with E-state index >= 15 is 0 Å². The zero-order chi connectivity index (χ0) is 23.9. The van der Waals surface area contributed by atoms with Crippen molar-refractivity contribution >= 4 is 33.4 Å². The van der Waals surface area contributed by atoms with Crippen LogP contribution < -0.4 is 16.6 Å². The number of thiazole rings is 1. The van der Waals surface area contributed by atoms with Crippen molar-refractivity contribution in [1.82, 2.24) is 24.5 Å². The first kappa shape index (κ1) is 22.3. The normalized spacial score (nSPS) is 11.7. The van der Waals surface area contributed by atoms with Gasteiger partial charge in [0, 0.05) is 18.0 Å². The molecule has 170 valence electrons. The molecule has 0 saturated carbocycles. The Balaban J connectivity index is 1.59. The molecule has 0 saturated heterocycles. The minimum Gasteiger partial charge on any atom is -0.302 e. The van der Waals surface area contributed by atoms with Crippen molar-refractivity contribution in [1.29, 1.82) is 0 Å². The highest BCUT2D eigenvalue weighted by Gasteiger charge is 2.35. The standard InChI is InChI=1S/C19H12F4N6O3S/c1-29-16(31)13-10(24-7-25-15(13)28-18(29)32)5-12(30)27-17-26-11(6-33-17)8-3-2-4-9(14(8)20)19(21,22)23/h2-4,6-7H,5H2,1H3,(H,26,27,30)(H,24,25,28,32). The molecule has 0 bridgehead atoms. The van der Waals surface area contributed by atoms with Gasteiger partial charge in [0.05, 0.1) is 23.4 Å². The molecule has 2 N–H and O–H groups in total. The quantitative estimate of drug-likeness (QED) is 0.433. The lowest BCUT2D eigenvalue weighted by Gasteiger charge is -2.09. The number of alkyl halides is 3. The van der Waals surface area contributed by atoms with Gasteiger partial charge in [0.25, 0.3) is 5.56 Å². The first-order valence-electron chi connectivity index (χ1n) is 9.10. The predicted octanol–water partition coefficient (Wildman–Crippen LogP) is 2.48. The maximum atomic E-state index is 14.3. The van der Waals surface area contributed by atoms with Gasteiger partial charge < -0.3 is 5.32 Å². The number of rotatable bonds is 4. The second kappa shape index (κ2) is 8.20. The molecule has 3 heterocycles. The Morgan fingerprint density at radius 3 is 2.73 bits per heavy atom. The number of nitrogens with zero attached hydrogens (tertiary/aromatic N) is 4. The minimum atomic E-state index is -4.87. The SMILES string of the molecule is Cn1c(=O)[nH]c2ncnc(CC(=O)Nc3nc(-c4cccc(C(F)(F)F)c4F)cs3)c2c1=O. The fraction of sp³-hybridized carbons (Fsp3) is 0.158. The number of carbonyl (C=O) groups is 1. The van der Waals surface area contributed by atoms with Crippen molar-refractivity contribution < 1.29 is 22.4 Å². The monoisotopic (exact) mass is 480 g/mol. The van der Waals surface area contributed by atoms with Gasteiger partial charge in [-0.15, -0.1) is 11.3 Å². The summed E-state index contributed by atoms with van der Waals surface area (Å²) in [6, 6.07) is 2.83. The fourth-order valence-corrected chi connectivity index (χ4v) is 3.77. The van der Waals surface area contributed by atoms with Gasteiger partial charge in [0.1, 0.15) is 17.5 Å². The molecule has 0 radical (unpaired) electrons. The van der Waals surface area contributed by atoms with Crippen LogP contribution in [0.3, 0.4) is 0 Å². The Morgan fingerprint density at radius 1 is 1.24 bits per heavy atom. The van der Waals surface area contributed by atoms with Crippen LogP contribution in [-0.2, 0) is 24.4 Å². The molecule has 0 aliphatic rings. The van der Waals surface area contributed by atoms with Crippen molar-refractivity contribution in [3.05, 3.63) is 67.8 Å². The lowest BCUT2D eigenvalue weighted by atomic mass is 10.1. The molecule has 0 spiro atoms. The number of benzene rings is 1. The molecule has 4 aromatic rings. The molecule has 0 fully saturated rings. The van der Waals surface area contributed by atoms with Gasteiger partial charge in [-0.1, -0.05) is 6.07 Å². The number of halogens is 4. The Morgan fingerprint density at radius 2 is 2.00 bits per heavy atom. The summed E-state index contributed by atoms with van der Waals surface area (Å²) in [5.74, 6) is -2.11. The summed E-state index contributed by atoms with van der Waals surface area (Å²) >= 11 is 0.879. The van der Waals surface area contributed by atoms with Crippen LogP contribution in [-0.4, -0.2) is 30.4 Å². The van der Waals surface area contributed by atoms with E-state index < -0.39 is 34.7 Å². The van der Waals surface area contributed by atoms with Crippen LogP contribution in [0.1, 0.15) is 11.3 Å². The van der Waals surface area contributed by atoms with E-state index in [4.69, 9.17) is 0 Å². The van der Waals surface area contributed by atoms with E-state index in [1.165, 1.54) is 12.4 Å². The number of fused-ring (bicyclic) bond motifs is 1. The first-order chi connectivity index (χ1) is 15.6. The smallest absolute Gasteiger partial charge is 0.302 e. The molecule has 0 aliphatic carbocycles. The number of aromatic amines is 1. The van der Waals surface area contributed by atoms with Crippen molar-refractivity contribution in [2.24, 2.45) is 7.05 Å². The second-order valence-corrected chi connectivity index (χ2v) is 7.62. The molecule has 1 aromatic carbocycles. The van der Waals surface area contributed by atoms with Crippen molar-refractivity contribution in [3.63, 3.8) is 0 Å². The van der Waals surface area contributed by atoms with Gasteiger partial charge in [0.15, 0.2) is 10.8 Å². The zero-order valence-corrected chi connectivity index (χ0v) is 17.3. The fourth-order valence-electron chi connectivity index (χ4n) is 3.04. The largest absolute Gasteiger partial charge is 0.419 e. The molecular weight excluding hydrogens is 468 g/mol. The molecule has 1 amide bonds. The number of carbonyl (C=O) groups excluding carboxylic acids is 1. The van der Waals surface area contributed by atoms with Crippen molar-refractivity contribution in [2.45, 2.75) is 12.6 Å². The third kappa shape index (κ3) is 4.24. The molecule has 14 heteroatoms. The summed E-state index contributed by atoms with van der Waals surface area (Å²) in [5.41, 5.74) is -3.22. The highest BCUT2D eigenvalue weighted by atomic mass is 32.1. The molecule has 3 aromatic heterocycles.